The summed E-state index contributed by atoms with van der Waals surface area (Å²) >= 11 is 0. The van der Waals surface area contributed by atoms with E-state index in [-0.39, 0.29) is 5.41 Å². The highest BCUT2D eigenvalue weighted by atomic mass is 32.2. The van der Waals surface area contributed by atoms with Crippen LogP contribution in [0.2, 0.25) is 0 Å². The predicted octanol–water partition coefficient (Wildman–Crippen LogP) is 1.13. The number of sulfonamides is 1. The first kappa shape index (κ1) is 15.0. The number of nitrogens with zero attached hydrogens (tertiary/aromatic N) is 3. The topological polar surface area (TPSA) is 69.3 Å². The van der Waals surface area contributed by atoms with E-state index in [9.17, 15) is 8.42 Å². The van der Waals surface area contributed by atoms with Crippen LogP contribution in [0.3, 0.4) is 0 Å². The summed E-state index contributed by atoms with van der Waals surface area (Å²) in [6, 6.07) is 0. The molecule has 0 saturated carbocycles. The molecule has 2 fully saturated rings. The number of aryl methyl sites for hydroxylation is 2. The minimum Gasteiger partial charge on any atom is -0.306 e. The average molecular weight is 312 g/mol. The lowest BCUT2D eigenvalue weighted by atomic mass is 9.80. The van der Waals surface area contributed by atoms with Crippen LogP contribution in [0.15, 0.2) is 4.90 Å². The van der Waals surface area contributed by atoms with Crippen molar-refractivity contribution in [1.29, 1.82) is 0 Å². The molecule has 1 aromatic heterocycles. The van der Waals surface area contributed by atoms with Gasteiger partial charge in [-0.05, 0) is 52.1 Å². The molecule has 2 aliphatic rings. The number of hydrogen-bond donors (Lipinski definition) is 1. The Kier molecular flexibility index (Phi) is 3.62. The first-order valence-electron chi connectivity index (χ1n) is 7.54. The number of nitrogens with one attached hydrogen (secondary N) is 1. The zero-order chi connectivity index (χ0) is 15.3. The van der Waals surface area contributed by atoms with Gasteiger partial charge in [0, 0.05) is 19.6 Å². The zero-order valence-corrected chi connectivity index (χ0v) is 13.8. The first-order chi connectivity index (χ1) is 9.84. The molecule has 1 unspecified atom stereocenters. The van der Waals surface area contributed by atoms with Crippen LogP contribution in [-0.2, 0) is 10.0 Å². The summed E-state index contributed by atoms with van der Waals surface area (Å²) in [5.74, 6) is 0. The molecule has 2 aliphatic heterocycles. The third kappa shape index (κ3) is 2.51. The van der Waals surface area contributed by atoms with Crippen molar-refractivity contribution in [3.05, 3.63) is 11.4 Å². The number of aromatic nitrogens is 2. The van der Waals surface area contributed by atoms with Crippen LogP contribution < -0.4 is 0 Å². The van der Waals surface area contributed by atoms with Crippen molar-refractivity contribution in [2.24, 2.45) is 5.41 Å². The SMILES string of the molecule is Cc1n[nH]c(C)c1S(=O)(=O)N1CCCC2(CCN(C)C2)C1. The largest absolute Gasteiger partial charge is 0.306 e. The normalized spacial score (nSPS) is 28.5. The van der Waals surface area contributed by atoms with Crippen LogP contribution in [0.5, 0.6) is 0 Å². The molecule has 0 bridgehead atoms. The summed E-state index contributed by atoms with van der Waals surface area (Å²) in [5.41, 5.74) is 1.34. The lowest BCUT2D eigenvalue weighted by molar-refractivity contribution is 0.153. The standard InChI is InChI=1S/C14H24N4O2S/c1-11-13(12(2)16-15-11)21(19,20)18-7-4-5-14(10-18)6-8-17(3)9-14/h4-10H2,1-3H3,(H,15,16). The molecule has 1 aromatic rings. The Morgan fingerprint density at radius 3 is 2.52 bits per heavy atom. The molecule has 7 heteroatoms. The van der Waals surface area contributed by atoms with E-state index in [1.54, 1.807) is 18.2 Å². The van der Waals surface area contributed by atoms with Crippen LogP contribution in [0.25, 0.3) is 0 Å². The molecule has 1 atom stereocenters. The maximum Gasteiger partial charge on any atom is 0.246 e. The quantitative estimate of drug-likeness (QED) is 0.889. The minimum atomic E-state index is -3.44. The van der Waals surface area contributed by atoms with Crippen LogP contribution >= 0.6 is 0 Å². The minimum absolute atomic E-state index is 0.144. The van der Waals surface area contributed by atoms with Crippen LogP contribution in [-0.4, -0.2) is 61.0 Å². The summed E-state index contributed by atoms with van der Waals surface area (Å²) in [6.45, 7) is 6.86. The number of rotatable bonds is 2. The molecule has 2 saturated heterocycles. The number of H-pyrrole nitrogens is 1. The van der Waals surface area contributed by atoms with E-state index >= 15 is 0 Å². The molecule has 0 radical (unpaired) electrons. The number of likely N-dealkylation sites (tertiary alicyclic amines) is 1. The van der Waals surface area contributed by atoms with Gasteiger partial charge in [-0.15, -0.1) is 0 Å². The van der Waals surface area contributed by atoms with Crippen molar-refractivity contribution >= 4 is 10.0 Å². The van der Waals surface area contributed by atoms with E-state index in [0.29, 0.717) is 29.4 Å². The van der Waals surface area contributed by atoms with Crippen molar-refractivity contribution in [3.63, 3.8) is 0 Å². The van der Waals surface area contributed by atoms with Gasteiger partial charge in [0.15, 0.2) is 0 Å². The van der Waals surface area contributed by atoms with Crippen molar-refractivity contribution < 1.29 is 8.42 Å². The zero-order valence-electron chi connectivity index (χ0n) is 13.0. The second-order valence-electron chi connectivity index (χ2n) is 6.69. The van der Waals surface area contributed by atoms with Gasteiger partial charge in [-0.25, -0.2) is 8.42 Å². The van der Waals surface area contributed by atoms with Gasteiger partial charge in [-0.3, -0.25) is 5.10 Å². The monoisotopic (exact) mass is 312 g/mol. The first-order valence-corrected chi connectivity index (χ1v) is 8.98. The highest BCUT2D eigenvalue weighted by Crippen LogP contribution is 2.40. The summed E-state index contributed by atoms with van der Waals surface area (Å²) in [6.07, 6.45) is 3.18. The number of hydrogen-bond acceptors (Lipinski definition) is 4. The molecule has 1 N–H and O–H groups in total. The fraction of sp³-hybridized carbons (Fsp3) is 0.786. The predicted molar refractivity (Wildman–Crippen MR) is 80.6 cm³/mol. The molecule has 3 rings (SSSR count). The smallest absolute Gasteiger partial charge is 0.246 e. The molecular weight excluding hydrogens is 288 g/mol. The van der Waals surface area contributed by atoms with Crippen LogP contribution in [0.1, 0.15) is 30.7 Å². The summed E-state index contributed by atoms with van der Waals surface area (Å²) in [5, 5.41) is 6.83. The lowest BCUT2D eigenvalue weighted by Gasteiger charge is -2.39. The van der Waals surface area contributed by atoms with Crippen molar-refractivity contribution in [2.75, 3.05) is 33.2 Å². The molecule has 21 heavy (non-hydrogen) atoms. The summed E-state index contributed by atoms with van der Waals surface area (Å²) in [4.78, 5) is 2.68. The fourth-order valence-corrected chi connectivity index (χ4v) is 5.83. The molecule has 118 valence electrons. The van der Waals surface area contributed by atoms with Crippen molar-refractivity contribution in [3.8, 4) is 0 Å². The van der Waals surface area contributed by atoms with E-state index in [2.05, 4.69) is 22.1 Å². The second kappa shape index (κ2) is 5.07. The Labute approximate surface area is 126 Å². The third-order valence-electron chi connectivity index (χ3n) is 4.91. The maximum atomic E-state index is 13.0. The van der Waals surface area contributed by atoms with Gasteiger partial charge in [0.05, 0.1) is 11.4 Å². The van der Waals surface area contributed by atoms with E-state index in [1.807, 2.05) is 0 Å². The molecule has 1 spiro atoms. The number of piperidine rings is 1. The Bertz CT molecular complexity index is 616. The molecular formula is C14H24N4O2S. The third-order valence-corrected chi connectivity index (χ3v) is 7.02. The average Bonchev–Trinajstić information content (AvgIpc) is 2.94. The second-order valence-corrected chi connectivity index (χ2v) is 8.57. The Morgan fingerprint density at radius 1 is 1.19 bits per heavy atom. The van der Waals surface area contributed by atoms with E-state index in [4.69, 9.17) is 0 Å². The highest BCUT2D eigenvalue weighted by molar-refractivity contribution is 7.89. The van der Waals surface area contributed by atoms with Crippen LogP contribution in [0.4, 0.5) is 0 Å². The molecule has 0 amide bonds. The van der Waals surface area contributed by atoms with E-state index in [1.165, 1.54) is 0 Å². The maximum absolute atomic E-state index is 13.0. The number of aromatic amines is 1. The van der Waals surface area contributed by atoms with Crippen molar-refractivity contribution in [2.45, 2.75) is 38.0 Å². The molecule has 0 aromatic carbocycles. The Morgan fingerprint density at radius 2 is 1.95 bits per heavy atom. The van der Waals surface area contributed by atoms with Gasteiger partial charge in [0.2, 0.25) is 10.0 Å². The lowest BCUT2D eigenvalue weighted by Crippen LogP contribution is -2.47. The van der Waals surface area contributed by atoms with Crippen LogP contribution in [0, 0.1) is 19.3 Å². The summed E-state index contributed by atoms with van der Waals surface area (Å²) < 4.78 is 27.6. The molecule has 6 nitrogen and oxygen atoms in total. The van der Waals surface area contributed by atoms with Gasteiger partial charge >= 0.3 is 0 Å². The molecule has 3 heterocycles. The van der Waals surface area contributed by atoms with E-state index < -0.39 is 10.0 Å². The molecule has 0 aliphatic carbocycles. The Hall–Kier alpha value is -0.920. The summed E-state index contributed by atoms with van der Waals surface area (Å²) in [7, 11) is -1.32. The van der Waals surface area contributed by atoms with Gasteiger partial charge in [-0.1, -0.05) is 0 Å². The fourth-order valence-electron chi connectivity index (χ4n) is 3.91. The highest BCUT2D eigenvalue weighted by Gasteiger charge is 2.44. The van der Waals surface area contributed by atoms with E-state index in [0.717, 1.165) is 32.4 Å². The van der Waals surface area contributed by atoms with Gasteiger partial charge < -0.3 is 4.90 Å². The van der Waals surface area contributed by atoms with Gasteiger partial charge in [0.25, 0.3) is 0 Å². The van der Waals surface area contributed by atoms with Gasteiger partial charge in [0.1, 0.15) is 4.90 Å². The van der Waals surface area contributed by atoms with Crippen molar-refractivity contribution in [1.82, 2.24) is 19.4 Å². The Balaban J connectivity index is 1.90. The van der Waals surface area contributed by atoms with Gasteiger partial charge in [-0.2, -0.15) is 9.40 Å².